The minimum atomic E-state index is -0.608. The summed E-state index contributed by atoms with van der Waals surface area (Å²) < 4.78 is 6.38. The Labute approximate surface area is 135 Å². The molecular weight excluding hydrogens is 330 g/mol. The number of nitrogens with one attached hydrogen (secondary N) is 1. The van der Waals surface area contributed by atoms with Crippen LogP contribution < -0.4 is 5.32 Å². The number of carbonyl (C=O) groups is 1. The zero-order valence-electron chi connectivity index (χ0n) is 13.0. The van der Waals surface area contributed by atoms with Crippen LogP contribution in [0.3, 0.4) is 0 Å². The summed E-state index contributed by atoms with van der Waals surface area (Å²) in [5.74, 6) is 0.788. The Morgan fingerprint density at radius 3 is 2.86 bits per heavy atom. The molecule has 1 aromatic carbocycles. The first-order chi connectivity index (χ1) is 9.98. The number of halogens is 1. The number of hydrogen-bond acceptors (Lipinski definition) is 3. The highest BCUT2D eigenvalue weighted by Crippen LogP contribution is 2.40. The van der Waals surface area contributed by atoms with Crippen molar-refractivity contribution >= 4 is 27.6 Å². The molecule has 3 unspecified atom stereocenters. The summed E-state index contributed by atoms with van der Waals surface area (Å²) in [6.45, 7) is 6.69. The Morgan fingerprint density at radius 2 is 2.24 bits per heavy atom. The predicted molar refractivity (Wildman–Crippen MR) is 89.3 cm³/mol. The first-order valence-electron chi connectivity index (χ1n) is 7.69. The lowest BCUT2D eigenvalue weighted by Crippen LogP contribution is -2.55. The summed E-state index contributed by atoms with van der Waals surface area (Å²) in [6, 6.07) is 7.96. The summed E-state index contributed by atoms with van der Waals surface area (Å²) in [5, 5.41) is 3.49. The third-order valence-electron chi connectivity index (χ3n) is 4.46. The summed E-state index contributed by atoms with van der Waals surface area (Å²) in [6.07, 6.45) is 2.91. The maximum absolute atomic E-state index is 12.6. The van der Waals surface area contributed by atoms with E-state index in [1.54, 1.807) is 0 Å². The van der Waals surface area contributed by atoms with Gasteiger partial charge in [-0.15, -0.1) is 0 Å². The monoisotopic (exact) mass is 353 g/mol. The highest BCUT2D eigenvalue weighted by molar-refractivity contribution is 9.10. The van der Waals surface area contributed by atoms with Crippen molar-refractivity contribution in [2.24, 2.45) is 11.8 Å². The van der Waals surface area contributed by atoms with E-state index >= 15 is 0 Å². The first-order valence-corrected chi connectivity index (χ1v) is 8.48. The molecule has 1 aliphatic rings. The molecule has 116 valence electrons. The van der Waals surface area contributed by atoms with Gasteiger partial charge in [0, 0.05) is 10.2 Å². The van der Waals surface area contributed by atoms with Crippen molar-refractivity contribution in [1.29, 1.82) is 0 Å². The molecule has 0 saturated heterocycles. The fourth-order valence-corrected chi connectivity index (χ4v) is 3.67. The van der Waals surface area contributed by atoms with E-state index in [1.807, 2.05) is 31.2 Å². The van der Waals surface area contributed by atoms with E-state index in [0.717, 1.165) is 29.4 Å². The second kappa shape index (κ2) is 6.82. The van der Waals surface area contributed by atoms with E-state index in [-0.39, 0.29) is 11.9 Å². The molecule has 0 amide bonds. The van der Waals surface area contributed by atoms with Crippen LogP contribution in [0, 0.1) is 11.8 Å². The van der Waals surface area contributed by atoms with E-state index in [2.05, 4.69) is 35.1 Å². The molecule has 1 aromatic rings. The molecule has 21 heavy (non-hydrogen) atoms. The fourth-order valence-electron chi connectivity index (χ4n) is 3.27. The van der Waals surface area contributed by atoms with E-state index < -0.39 is 5.54 Å². The van der Waals surface area contributed by atoms with Crippen molar-refractivity contribution in [1.82, 2.24) is 0 Å². The van der Waals surface area contributed by atoms with Gasteiger partial charge in [-0.05, 0) is 56.2 Å². The Kier molecular flexibility index (Phi) is 5.31. The Bertz CT molecular complexity index is 505. The van der Waals surface area contributed by atoms with Gasteiger partial charge in [0.25, 0.3) is 0 Å². The van der Waals surface area contributed by atoms with Crippen LogP contribution in [0.15, 0.2) is 28.7 Å². The van der Waals surface area contributed by atoms with Crippen LogP contribution in [0.2, 0.25) is 0 Å². The van der Waals surface area contributed by atoms with E-state index in [4.69, 9.17) is 4.74 Å². The third-order valence-corrected chi connectivity index (χ3v) is 4.95. The minimum absolute atomic E-state index is 0.121. The summed E-state index contributed by atoms with van der Waals surface area (Å²) in [5.41, 5.74) is 0.349. The zero-order valence-corrected chi connectivity index (χ0v) is 14.6. The maximum atomic E-state index is 12.6. The lowest BCUT2D eigenvalue weighted by atomic mass is 9.69. The minimum Gasteiger partial charge on any atom is -0.464 e. The summed E-state index contributed by atoms with van der Waals surface area (Å²) in [4.78, 5) is 12.6. The molecule has 0 radical (unpaired) electrons. The molecule has 0 aliphatic heterocycles. The second-order valence-corrected chi connectivity index (χ2v) is 7.02. The van der Waals surface area contributed by atoms with Crippen LogP contribution in [-0.2, 0) is 9.53 Å². The summed E-state index contributed by atoms with van der Waals surface area (Å²) >= 11 is 3.48. The topological polar surface area (TPSA) is 38.3 Å². The van der Waals surface area contributed by atoms with E-state index in [1.165, 1.54) is 0 Å². The number of carbonyl (C=O) groups excluding carboxylic acids is 1. The highest BCUT2D eigenvalue weighted by atomic mass is 79.9. The molecule has 1 aliphatic carbocycles. The molecule has 0 spiro atoms. The Morgan fingerprint density at radius 1 is 1.48 bits per heavy atom. The molecule has 3 nitrogen and oxygen atoms in total. The van der Waals surface area contributed by atoms with Gasteiger partial charge in [-0.1, -0.05) is 35.8 Å². The molecule has 1 saturated carbocycles. The molecular formula is C17H24BrNO2. The quantitative estimate of drug-likeness (QED) is 0.802. The van der Waals surface area contributed by atoms with Crippen molar-refractivity contribution in [3.05, 3.63) is 28.7 Å². The number of benzene rings is 1. The standard InChI is InChI=1S/C17H24BrNO2/c1-4-21-16(20)17(9-8-12(2)10-13(17)3)19-15-7-5-6-14(18)11-15/h5-7,11-13,19H,4,8-10H2,1-3H3. The molecule has 3 atom stereocenters. The van der Waals surface area contributed by atoms with Gasteiger partial charge in [0.1, 0.15) is 5.54 Å². The molecule has 4 heteroatoms. The van der Waals surface area contributed by atoms with Crippen LogP contribution in [0.4, 0.5) is 5.69 Å². The molecule has 1 N–H and O–H groups in total. The SMILES string of the molecule is CCOC(=O)C1(Nc2cccc(Br)c2)CCC(C)CC1C. The van der Waals surface area contributed by atoms with Crippen LogP contribution in [-0.4, -0.2) is 18.1 Å². The Balaban J connectivity index is 2.30. The average molecular weight is 354 g/mol. The molecule has 0 bridgehead atoms. The van der Waals surface area contributed by atoms with Crippen molar-refractivity contribution < 1.29 is 9.53 Å². The van der Waals surface area contributed by atoms with E-state index in [0.29, 0.717) is 12.5 Å². The van der Waals surface area contributed by atoms with Gasteiger partial charge in [-0.3, -0.25) is 0 Å². The van der Waals surface area contributed by atoms with Gasteiger partial charge >= 0.3 is 5.97 Å². The predicted octanol–water partition coefficient (Wildman–Crippen LogP) is 4.62. The molecule has 0 aromatic heterocycles. The van der Waals surface area contributed by atoms with Crippen molar-refractivity contribution in [3.8, 4) is 0 Å². The van der Waals surface area contributed by atoms with Crippen molar-refractivity contribution in [2.45, 2.75) is 45.6 Å². The van der Waals surface area contributed by atoms with Gasteiger partial charge in [0.2, 0.25) is 0 Å². The number of hydrogen-bond donors (Lipinski definition) is 1. The number of esters is 1. The van der Waals surface area contributed by atoms with Crippen LogP contribution in [0.5, 0.6) is 0 Å². The zero-order chi connectivity index (χ0) is 15.5. The van der Waals surface area contributed by atoms with Crippen LogP contribution >= 0.6 is 15.9 Å². The average Bonchev–Trinajstić information content (AvgIpc) is 2.42. The Hall–Kier alpha value is -1.03. The number of ether oxygens (including phenoxy) is 1. The van der Waals surface area contributed by atoms with Gasteiger partial charge in [0.15, 0.2) is 0 Å². The normalized spacial score (nSPS) is 29.0. The number of anilines is 1. The van der Waals surface area contributed by atoms with Crippen LogP contribution in [0.1, 0.15) is 40.0 Å². The van der Waals surface area contributed by atoms with Gasteiger partial charge in [-0.25, -0.2) is 4.79 Å². The maximum Gasteiger partial charge on any atom is 0.332 e. The first kappa shape index (κ1) is 16.3. The van der Waals surface area contributed by atoms with Crippen molar-refractivity contribution in [3.63, 3.8) is 0 Å². The van der Waals surface area contributed by atoms with Crippen LogP contribution in [0.25, 0.3) is 0 Å². The second-order valence-electron chi connectivity index (χ2n) is 6.11. The van der Waals surface area contributed by atoms with Gasteiger partial charge in [0.05, 0.1) is 6.61 Å². The smallest absolute Gasteiger partial charge is 0.332 e. The molecule has 0 heterocycles. The lowest BCUT2D eigenvalue weighted by Gasteiger charge is -2.43. The van der Waals surface area contributed by atoms with E-state index in [9.17, 15) is 4.79 Å². The number of rotatable bonds is 4. The lowest BCUT2D eigenvalue weighted by molar-refractivity contribution is -0.152. The third kappa shape index (κ3) is 3.60. The molecule has 2 rings (SSSR count). The van der Waals surface area contributed by atoms with Gasteiger partial charge < -0.3 is 10.1 Å². The van der Waals surface area contributed by atoms with Gasteiger partial charge in [-0.2, -0.15) is 0 Å². The largest absolute Gasteiger partial charge is 0.464 e. The fraction of sp³-hybridized carbons (Fsp3) is 0.588. The molecule has 1 fully saturated rings. The summed E-state index contributed by atoms with van der Waals surface area (Å²) in [7, 11) is 0. The van der Waals surface area contributed by atoms with Crippen molar-refractivity contribution in [2.75, 3.05) is 11.9 Å². The highest BCUT2D eigenvalue weighted by Gasteiger charge is 2.47.